The van der Waals surface area contributed by atoms with Crippen LogP contribution in [0, 0.1) is 0 Å². The Morgan fingerprint density at radius 3 is 2.58 bits per heavy atom. The average Bonchev–Trinajstić information content (AvgIpc) is 2.40. The molecule has 1 nitrogen and oxygen atoms in total. The first-order valence-corrected chi connectivity index (χ1v) is 7.63. The normalized spacial score (nSPS) is 23.0. The smallest absolute Gasteiger partial charge is 0.134 e. The second-order valence-electron chi connectivity index (χ2n) is 6.00. The zero-order chi connectivity index (χ0) is 13.7. The molecule has 2 atom stereocenters. The van der Waals surface area contributed by atoms with E-state index in [0.29, 0.717) is 12.5 Å². The molecule has 2 rings (SSSR count). The highest BCUT2D eigenvalue weighted by Gasteiger charge is 2.30. The van der Waals surface area contributed by atoms with Crippen LogP contribution in [0.1, 0.15) is 57.1 Å². The molecule has 2 heteroatoms. The number of aryl methyl sites for hydroxylation is 1. The van der Waals surface area contributed by atoms with E-state index in [2.05, 4.69) is 24.4 Å². The fraction of sp³-hybridized carbons (Fsp3) is 0.647. The molecule has 1 saturated heterocycles. The number of halogens is 1. The molecular weight excluding hydrogens is 237 g/mol. The van der Waals surface area contributed by atoms with E-state index in [9.17, 15) is 4.39 Å². The van der Waals surface area contributed by atoms with E-state index in [0.717, 1.165) is 31.4 Å². The minimum Gasteiger partial charge on any atom is -0.314 e. The average molecular weight is 263 g/mol. The maximum Gasteiger partial charge on any atom is 0.134 e. The Labute approximate surface area is 116 Å². The number of hydrogen-bond donors (Lipinski definition) is 1. The van der Waals surface area contributed by atoms with Crippen LogP contribution in [0.4, 0.5) is 4.39 Å². The third-order valence-electron chi connectivity index (χ3n) is 4.14. The van der Waals surface area contributed by atoms with E-state index >= 15 is 0 Å². The van der Waals surface area contributed by atoms with Crippen LogP contribution < -0.4 is 5.32 Å². The molecule has 0 saturated carbocycles. The number of alkyl halides is 1. The number of hydrogen-bond acceptors (Lipinski definition) is 1. The van der Waals surface area contributed by atoms with Gasteiger partial charge in [-0.2, -0.15) is 0 Å². The number of piperidine rings is 1. The summed E-state index contributed by atoms with van der Waals surface area (Å²) in [6, 6.07) is 8.41. The van der Waals surface area contributed by atoms with Crippen LogP contribution in [0.2, 0.25) is 0 Å². The Kier molecular flexibility index (Phi) is 4.98. The van der Waals surface area contributed by atoms with E-state index in [-0.39, 0.29) is 0 Å². The molecule has 1 aromatic carbocycles. The number of rotatable bonds is 5. The van der Waals surface area contributed by atoms with Crippen molar-refractivity contribution in [3.8, 4) is 0 Å². The summed E-state index contributed by atoms with van der Waals surface area (Å²) in [5, 5.41) is 3.44. The Morgan fingerprint density at radius 2 is 2.00 bits per heavy atom. The Bertz CT molecular complexity index is 377. The molecule has 0 amide bonds. The highest BCUT2D eigenvalue weighted by atomic mass is 19.1. The van der Waals surface area contributed by atoms with E-state index in [1.807, 2.05) is 12.1 Å². The zero-order valence-corrected chi connectivity index (χ0v) is 12.2. The van der Waals surface area contributed by atoms with Gasteiger partial charge in [-0.1, -0.05) is 44.0 Å². The maximum absolute atomic E-state index is 14.9. The van der Waals surface area contributed by atoms with Crippen molar-refractivity contribution in [2.45, 2.75) is 64.1 Å². The predicted octanol–water partition coefficient (Wildman–Crippen LogP) is 4.36. The molecule has 1 aliphatic heterocycles. The van der Waals surface area contributed by atoms with E-state index in [4.69, 9.17) is 0 Å². The predicted molar refractivity (Wildman–Crippen MR) is 79.2 cm³/mol. The van der Waals surface area contributed by atoms with Gasteiger partial charge in [0.15, 0.2) is 0 Å². The van der Waals surface area contributed by atoms with Gasteiger partial charge in [0.2, 0.25) is 0 Å². The van der Waals surface area contributed by atoms with Gasteiger partial charge in [0.25, 0.3) is 0 Å². The first-order valence-electron chi connectivity index (χ1n) is 7.63. The molecule has 0 spiro atoms. The van der Waals surface area contributed by atoms with Gasteiger partial charge < -0.3 is 5.32 Å². The van der Waals surface area contributed by atoms with Gasteiger partial charge in [-0.25, -0.2) is 4.39 Å². The standard InChI is InChI=1S/C17H26FN/c1-3-6-14-8-10-15(11-9-14)17(2,18)13-16-7-4-5-12-19-16/h8-11,16,19H,3-7,12-13H2,1-2H3. The zero-order valence-electron chi connectivity index (χ0n) is 12.2. The maximum atomic E-state index is 14.9. The largest absolute Gasteiger partial charge is 0.314 e. The highest BCUT2D eigenvalue weighted by Crippen LogP contribution is 2.32. The van der Waals surface area contributed by atoms with E-state index < -0.39 is 5.67 Å². The molecule has 0 radical (unpaired) electrons. The number of benzene rings is 1. The highest BCUT2D eigenvalue weighted by molar-refractivity contribution is 5.27. The summed E-state index contributed by atoms with van der Waals surface area (Å²) in [5.74, 6) is 0. The lowest BCUT2D eigenvalue weighted by atomic mass is 9.87. The molecule has 1 N–H and O–H groups in total. The lowest BCUT2D eigenvalue weighted by molar-refractivity contribution is 0.146. The fourth-order valence-electron chi connectivity index (χ4n) is 2.99. The molecule has 2 unspecified atom stereocenters. The molecule has 1 fully saturated rings. The van der Waals surface area contributed by atoms with Crippen LogP contribution in [-0.4, -0.2) is 12.6 Å². The quantitative estimate of drug-likeness (QED) is 0.832. The lowest BCUT2D eigenvalue weighted by Crippen LogP contribution is -2.38. The number of nitrogens with one attached hydrogen (secondary N) is 1. The van der Waals surface area contributed by atoms with Crippen molar-refractivity contribution in [3.63, 3.8) is 0 Å². The van der Waals surface area contributed by atoms with Crippen LogP contribution in [0.3, 0.4) is 0 Å². The molecule has 1 aliphatic rings. The summed E-state index contributed by atoms with van der Waals surface area (Å²) < 4.78 is 14.9. The summed E-state index contributed by atoms with van der Waals surface area (Å²) in [5.41, 5.74) is 0.900. The van der Waals surface area contributed by atoms with Crippen molar-refractivity contribution in [2.75, 3.05) is 6.54 Å². The molecular formula is C17H26FN. The summed E-state index contributed by atoms with van der Waals surface area (Å²) in [7, 11) is 0. The Hall–Kier alpha value is -0.890. The van der Waals surface area contributed by atoms with Crippen LogP contribution in [-0.2, 0) is 12.1 Å². The van der Waals surface area contributed by atoms with Crippen molar-refractivity contribution in [3.05, 3.63) is 35.4 Å². The van der Waals surface area contributed by atoms with Crippen LogP contribution in [0.25, 0.3) is 0 Å². The summed E-state index contributed by atoms with van der Waals surface area (Å²) in [6.45, 7) is 4.93. The fourth-order valence-corrected chi connectivity index (χ4v) is 2.99. The first-order chi connectivity index (χ1) is 9.12. The topological polar surface area (TPSA) is 12.0 Å². The summed E-state index contributed by atoms with van der Waals surface area (Å²) in [4.78, 5) is 0. The van der Waals surface area contributed by atoms with E-state index in [1.165, 1.54) is 18.4 Å². The van der Waals surface area contributed by atoms with Gasteiger partial charge in [0.05, 0.1) is 0 Å². The first kappa shape index (κ1) is 14.5. The van der Waals surface area contributed by atoms with Gasteiger partial charge in [0, 0.05) is 12.5 Å². The van der Waals surface area contributed by atoms with Gasteiger partial charge >= 0.3 is 0 Å². The summed E-state index contributed by atoms with van der Waals surface area (Å²) in [6.07, 6.45) is 6.35. The van der Waals surface area contributed by atoms with Crippen molar-refractivity contribution < 1.29 is 4.39 Å². The van der Waals surface area contributed by atoms with Crippen molar-refractivity contribution in [2.24, 2.45) is 0 Å². The second kappa shape index (κ2) is 6.51. The molecule has 0 aliphatic carbocycles. The van der Waals surface area contributed by atoms with E-state index in [1.54, 1.807) is 6.92 Å². The van der Waals surface area contributed by atoms with Gasteiger partial charge in [0.1, 0.15) is 5.67 Å². The van der Waals surface area contributed by atoms with Gasteiger partial charge in [-0.05, 0) is 43.9 Å². The molecule has 1 aromatic rings. The second-order valence-corrected chi connectivity index (χ2v) is 6.00. The van der Waals surface area contributed by atoms with Crippen molar-refractivity contribution in [1.29, 1.82) is 0 Å². The molecule has 106 valence electrons. The van der Waals surface area contributed by atoms with Crippen LogP contribution in [0.5, 0.6) is 0 Å². The monoisotopic (exact) mass is 263 g/mol. The SMILES string of the molecule is CCCc1ccc(C(C)(F)CC2CCCCN2)cc1. The molecule has 0 aromatic heterocycles. The van der Waals surface area contributed by atoms with Crippen molar-refractivity contribution >= 4 is 0 Å². The summed E-state index contributed by atoms with van der Waals surface area (Å²) >= 11 is 0. The van der Waals surface area contributed by atoms with Crippen molar-refractivity contribution in [1.82, 2.24) is 5.32 Å². The van der Waals surface area contributed by atoms with Gasteiger partial charge in [-0.15, -0.1) is 0 Å². The Morgan fingerprint density at radius 1 is 1.26 bits per heavy atom. The van der Waals surface area contributed by atoms with Gasteiger partial charge in [-0.3, -0.25) is 0 Å². The Balaban J connectivity index is 2.00. The molecule has 19 heavy (non-hydrogen) atoms. The minimum absolute atomic E-state index is 0.332. The van der Waals surface area contributed by atoms with Crippen LogP contribution >= 0.6 is 0 Å². The lowest BCUT2D eigenvalue weighted by Gasteiger charge is -2.30. The molecule has 0 bridgehead atoms. The van der Waals surface area contributed by atoms with Crippen LogP contribution in [0.15, 0.2) is 24.3 Å². The minimum atomic E-state index is -1.22. The third kappa shape index (κ3) is 4.04. The third-order valence-corrected chi connectivity index (χ3v) is 4.14. The molecule has 1 heterocycles.